The van der Waals surface area contributed by atoms with Crippen LogP contribution in [0.5, 0.6) is 5.75 Å². The van der Waals surface area contributed by atoms with E-state index in [-0.39, 0.29) is 17.0 Å². The molecule has 0 aliphatic carbocycles. The molecule has 0 radical (unpaired) electrons. The van der Waals surface area contributed by atoms with Gasteiger partial charge >= 0.3 is 0 Å². The van der Waals surface area contributed by atoms with E-state index >= 15 is 0 Å². The van der Waals surface area contributed by atoms with E-state index in [0.717, 1.165) is 11.1 Å². The molecule has 1 aromatic carbocycles. The normalized spacial score (nSPS) is 22.3. The van der Waals surface area contributed by atoms with Gasteiger partial charge in [-0.15, -0.1) is 0 Å². The van der Waals surface area contributed by atoms with Crippen molar-refractivity contribution >= 4 is 11.6 Å². The minimum absolute atomic E-state index is 0.0782. The van der Waals surface area contributed by atoms with Gasteiger partial charge in [0.15, 0.2) is 6.29 Å². The van der Waals surface area contributed by atoms with Gasteiger partial charge in [-0.25, -0.2) is 0 Å². The molecule has 0 atom stereocenters. The summed E-state index contributed by atoms with van der Waals surface area (Å²) in [6.45, 7) is 9.87. The van der Waals surface area contributed by atoms with Crippen LogP contribution in [-0.4, -0.2) is 16.3 Å². The quantitative estimate of drug-likeness (QED) is 0.840. The highest BCUT2D eigenvalue weighted by Gasteiger charge is 2.49. The maximum atomic E-state index is 9.56. The monoisotopic (exact) mass is 270 g/mol. The second-order valence-corrected chi connectivity index (χ2v) is 6.08. The number of phenols is 1. The van der Waals surface area contributed by atoms with Crippen molar-refractivity contribution in [3.8, 4) is 5.75 Å². The predicted octanol–water partition coefficient (Wildman–Crippen LogP) is 3.96. The summed E-state index contributed by atoms with van der Waals surface area (Å²) in [7, 11) is 0. The van der Waals surface area contributed by atoms with Gasteiger partial charge in [0.1, 0.15) is 5.75 Å². The Labute approximate surface area is 113 Å². The summed E-state index contributed by atoms with van der Waals surface area (Å²) in [5.41, 5.74) is 0.884. The van der Waals surface area contributed by atoms with E-state index in [0.29, 0.717) is 5.02 Å². The lowest BCUT2D eigenvalue weighted by Gasteiger charge is -2.30. The summed E-state index contributed by atoms with van der Waals surface area (Å²) in [6, 6.07) is 3.36. The summed E-state index contributed by atoms with van der Waals surface area (Å²) < 4.78 is 11.9. The summed E-state index contributed by atoms with van der Waals surface area (Å²) in [6.07, 6.45) is -0.451. The van der Waals surface area contributed by atoms with E-state index < -0.39 is 6.29 Å². The Morgan fingerprint density at radius 1 is 1.11 bits per heavy atom. The molecule has 4 heteroatoms. The van der Waals surface area contributed by atoms with Crippen LogP contribution in [-0.2, 0) is 9.47 Å². The molecule has 0 spiro atoms. The van der Waals surface area contributed by atoms with Crippen LogP contribution < -0.4 is 0 Å². The lowest BCUT2D eigenvalue weighted by atomic mass is 9.90. The Hall–Kier alpha value is -0.770. The fraction of sp³-hybridized carbons (Fsp3) is 0.571. The van der Waals surface area contributed by atoms with Crippen molar-refractivity contribution in [1.82, 2.24) is 0 Å². The number of ether oxygens (including phenoxy) is 2. The number of aromatic hydroxyl groups is 1. The van der Waals surface area contributed by atoms with Gasteiger partial charge in [0.2, 0.25) is 0 Å². The summed E-state index contributed by atoms with van der Waals surface area (Å²) in [4.78, 5) is 0. The zero-order valence-corrected chi connectivity index (χ0v) is 12.1. The first-order chi connectivity index (χ1) is 8.16. The smallest absolute Gasteiger partial charge is 0.185 e. The minimum Gasteiger partial charge on any atom is -0.506 e. The third-order valence-corrected chi connectivity index (χ3v) is 4.39. The standard InChI is InChI=1S/C14H19ClO3/c1-8-9(6-7-10(16)11(8)15)12-17-13(2,3)14(4,5)18-12/h6-7,12,16H,1-5H3. The largest absolute Gasteiger partial charge is 0.506 e. The van der Waals surface area contributed by atoms with Crippen LogP contribution >= 0.6 is 11.6 Å². The van der Waals surface area contributed by atoms with Crippen LogP contribution in [0.15, 0.2) is 12.1 Å². The molecule has 3 nitrogen and oxygen atoms in total. The highest BCUT2D eigenvalue weighted by Crippen LogP contribution is 2.46. The molecule has 18 heavy (non-hydrogen) atoms. The molecular weight excluding hydrogens is 252 g/mol. The number of benzene rings is 1. The Bertz CT molecular complexity index is 464. The molecule has 1 heterocycles. The van der Waals surface area contributed by atoms with Gasteiger partial charge in [0.05, 0.1) is 16.2 Å². The molecule has 1 fully saturated rings. The Balaban J connectivity index is 2.39. The van der Waals surface area contributed by atoms with E-state index in [1.165, 1.54) is 0 Å². The molecular formula is C14H19ClO3. The molecule has 0 bridgehead atoms. The molecule has 0 unspecified atom stereocenters. The fourth-order valence-corrected chi connectivity index (χ4v) is 2.08. The third-order valence-electron chi connectivity index (χ3n) is 3.92. The number of hydrogen-bond donors (Lipinski definition) is 1. The van der Waals surface area contributed by atoms with Crippen LogP contribution in [0, 0.1) is 6.92 Å². The number of hydrogen-bond acceptors (Lipinski definition) is 3. The molecule has 0 aromatic heterocycles. The van der Waals surface area contributed by atoms with Gasteiger partial charge < -0.3 is 14.6 Å². The van der Waals surface area contributed by atoms with Gasteiger partial charge in [-0.2, -0.15) is 0 Å². The predicted molar refractivity (Wildman–Crippen MR) is 70.9 cm³/mol. The zero-order valence-electron chi connectivity index (χ0n) is 11.4. The van der Waals surface area contributed by atoms with E-state index in [1.54, 1.807) is 12.1 Å². The molecule has 0 amide bonds. The lowest BCUT2D eigenvalue weighted by Crippen LogP contribution is -2.41. The van der Waals surface area contributed by atoms with Crippen molar-refractivity contribution in [2.75, 3.05) is 0 Å². The minimum atomic E-state index is -0.451. The molecule has 0 saturated carbocycles. The van der Waals surface area contributed by atoms with Crippen molar-refractivity contribution in [3.63, 3.8) is 0 Å². The van der Waals surface area contributed by atoms with Crippen LogP contribution in [0.1, 0.15) is 45.1 Å². The van der Waals surface area contributed by atoms with E-state index in [1.807, 2.05) is 34.6 Å². The summed E-state index contributed by atoms with van der Waals surface area (Å²) in [5.74, 6) is 0.0782. The van der Waals surface area contributed by atoms with Crippen LogP contribution in [0.4, 0.5) is 0 Å². The molecule has 1 aliphatic rings. The van der Waals surface area contributed by atoms with E-state index in [2.05, 4.69) is 0 Å². The van der Waals surface area contributed by atoms with E-state index in [4.69, 9.17) is 21.1 Å². The highest BCUT2D eigenvalue weighted by atomic mass is 35.5. The summed E-state index contributed by atoms with van der Waals surface area (Å²) >= 11 is 6.04. The van der Waals surface area contributed by atoms with Crippen molar-refractivity contribution < 1.29 is 14.6 Å². The number of phenolic OH excluding ortho intramolecular Hbond substituents is 1. The number of halogens is 1. The van der Waals surface area contributed by atoms with Gasteiger partial charge in [-0.1, -0.05) is 11.6 Å². The third kappa shape index (κ3) is 2.00. The average Bonchev–Trinajstić information content (AvgIpc) is 2.45. The SMILES string of the molecule is Cc1c(C2OC(C)(C)C(C)(C)O2)ccc(O)c1Cl. The Morgan fingerprint density at radius 3 is 2.11 bits per heavy atom. The first kappa shape index (κ1) is 13.7. The van der Waals surface area contributed by atoms with Crippen LogP contribution in [0.3, 0.4) is 0 Å². The molecule has 1 saturated heterocycles. The highest BCUT2D eigenvalue weighted by molar-refractivity contribution is 6.32. The maximum Gasteiger partial charge on any atom is 0.185 e. The molecule has 1 aliphatic heterocycles. The first-order valence-corrected chi connectivity index (χ1v) is 6.37. The van der Waals surface area contributed by atoms with Gasteiger partial charge in [0.25, 0.3) is 0 Å². The molecule has 100 valence electrons. The van der Waals surface area contributed by atoms with Gasteiger partial charge in [-0.05, 0) is 52.3 Å². The Morgan fingerprint density at radius 2 is 1.61 bits per heavy atom. The molecule has 1 aromatic rings. The molecule has 2 rings (SSSR count). The average molecular weight is 271 g/mol. The second-order valence-electron chi connectivity index (χ2n) is 5.70. The van der Waals surface area contributed by atoms with Crippen LogP contribution in [0.25, 0.3) is 0 Å². The maximum absolute atomic E-state index is 9.56. The van der Waals surface area contributed by atoms with Gasteiger partial charge in [-0.3, -0.25) is 0 Å². The van der Waals surface area contributed by atoms with Crippen molar-refractivity contribution in [3.05, 3.63) is 28.3 Å². The summed E-state index contributed by atoms with van der Waals surface area (Å²) in [5, 5.41) is 9.91. The fourth-order valence-electron chi connectivity index (χ4n) is 1.91. The van der Waals surface area contributed by atoms with Crippen molar-refractivity contribution in [2.45, 2.75) is 52.1 Å². The topological polar surface area (TPSA) is 38.7 Å². The van der Waals surface area contributed by atoms with Crippen molar-refractivity contribution in [1.29, 1.82) is 0 Å². The molecule has 1 N–H and O–H groups in total. The number of rotatable bonds is 1. The second kappa shape index (κ2) is 4.12. The van der Waals surface area contributed by atoms with Crippen LogP contribution in [0.2, 0.25) is 5.02 Å². The van der Waals surface area contributed by atoms with Crippen molar-refractivity contribution in [2.24, 2.45) is 0 Å². The zero-order chi connectivity index (χ0) is 13.7. The lowest BCUT2D eigenvalue weighted by molar-refractivity contribution is -0.0899. The van der Waals surface area contributed by atoms with Gasteiger partial charge in [0, 0.05) is 5.56 Å². The first-order valence-electron chi connectivity index (χ1n) is 5.99. The Kier molecular flexibility index (Phi) is 3.13. The van der Waals surface area contributed by atoms with E-state index in [9.17, 15) is 5.11 Å².